The first-order valence-corrected chi connectivity index (χ1v) is 11.9. The number of rotatable bonds is 11. The van der Waals surface area contributed by atoms with E-state index in [0.717, 1.165) is 9.87 Å². The van der Waals surface area contributed by atoms with Crippen molar-refractivity contribution in [1.82, 2.24) is 4.31 Å². The van der Waals surface area contributed by atoms with Crippen molar-refractivity contribution in [1.29, 1.82) is 0 Å². The molecule has 0 bridgehead atoms. The monoisotopic (exact) mass is 415 g/mol. The van der Waals surface area contributed by atoms with Gasteiger partial charge >= 0.3 is 7.60 Å². The van der Waals surface area contributed by atoms with Crippen molar-refractivity contribution in [2.75, 3.05) is 13.2 Å². The van der Waals surface area contributed by atoms with Gasteiger partial charge in [-0.3, -0.25) is 8.87 Å². The van der Waals surface area contributed by atoms with Crippen LogP contribution in [0.2, 0.25) is 0 Å². The predicted molar refractivity (Wildman–Crippen MR) is 109 cm³/mol. The van der Waals surface area contributed by atoms with Crippen LogP contribution in [0.1, 0.15) is 39.7 Å². The molecule has 6 nitrogen and oxygen atoms in total. The van der Waals surface area contributed by atoms with E-state index in [0.29, 0.717) is 6.42 Å². The van der Waals surface area contributed by atoms with Crippen molar-refractivity contribution in [3.63, 3.8) is 0 Å². The van der Waals surface area contributed by atoms with E-state index < -0.39 is 23.7 Å². The van der Waals surface area contributed by atoms with E-state index in [-0.39, 0.29) is 23.5 Å². The molecule has 0 aromatic heterocycles. The molecule has 0 fully saturated rings. The zero-order chi connectivity index (χ0) is 20.7. The number of benzene rings is 1. The molecule has 152 valence electrons. The van der Waals surface area contributed by atoms with Crippen molar-refractivity contribution in [3.8, 4) is 0 Å². The summed E-state index contributed by atoms with van der Waals surface area (Å²) >= 11 is 0. The lowest BCUT2D eigenvalue weighted by Crippen LogP contribution is -2.38. The van der Waals surface area contributed by atoms with Gasteiger partial charge in [0.2, 0.25) is 0 Å². The molecule has 8 heteroatoms. The molecule has 1 unspecified atom stereocenters. The minimum Gasteiger partial charge on any atom is -0.304 e. The van der Waals surface area contributed by atoms with Crippen molar-refractivity contribution in [3.05, 3.63) is 54.0 Å². The molecule has 0 saturated carbocycles. The number of aryl methyl sites for hydroxylation is 1. The number of nitrogens with zero attached hydrogens (tertiary/aromatic N) is 1. The summed E-state index contributed by atoms with van der Waals surface area (Å²) < 4.78 is 52.2. The second-order valence-electron chi connectivity index (χ2n) is 5.97. The Kier molecular flexibility index (Phi) is 8.95. The number of hydrogen-bond donors (Lipinski definition) is 0. The van der Waals surface area contributed by atoms with Gasteiger partial charge in [-0.25, -0.2) is 8.42 Å². The van der Waals surface area contributed by atoms with Crippen LogP contribution in [0.3, 0.4) is 0 Å². The molecule has 1 aromatic rings. The van der Waals surface area contributed by atoms with Crippen LogP contribution in [0.4, 0.5) is 0 Å². The topological polar surface area (TPSA) is 72.9 Å². The van der Waals surface area contributed by atoms with Crippen molar-refractivity contribution in [2.45, 2.75) is 52.0 Å². The van der Waals surface area contributed by atoms with Gasteiger partial charge < -0.3 is 9.05 Å². The molecule has 0 aliphatic rings. The van der Waals surface area contributed by atoms with Crippen molar-refractivity contribution >= 4 is 17.6 Å². The molecule has 0 aliphatic carbocycles. The Bertz CT molecular complexity index is 792. The van der Waals surface area contributed by atoms with Crippen LogP contribution < -0.4 is 0 Å². The summed E-state index contributed by atoms with van der Waals surface area (Å²) in [6.45, 7) is 12.6. The molecule has 1 rings (SSSR count). The van der Waals surface area contributed by atoms with Gasteiger partial charge in [-0.1, -0.05) is 29.8 Å². The summed E-state index contributed by atoms with van der Waals surface area (Å²) in [7, 11) is -7.80. The van der Waals surface area contributed by atoms with Gasteiger partial charge in [-0.05, 0) is 53.2 Å². The van der Waals surface area contributed by atoms with Gasteiger partial charge in [0.1, 0.15) is 5.44 Å². The highest BCUT2D eigenvalue weighted by atomic mass is 32.2. The Morgan fingerprint density at radius 1 is 1.22 bits per heavy atom. The molecule has 0 aliphatic heterocycles. The predicted octanol–water partition coefficient (Wildman–Crippen LogP) is 5.08. The zero-order valence-corrected chi connectivity index (χ0v) is 18.4. The van der Waals surface area contributed by atoms with Gasteiger partial charge in [0, 0.05) is 6.04 Å². The van der Waals surface area contributed by atoms with Crippen LogP contribution in [0.15, 0.2) is 53.3 Å². The average Bonchev–Trinajstić information content (AvgIpc) is 2.60. The lowest BCUT2D eigenvalue weighted by molar-refractivity contribution is 0.217. The van der Waals surface area contributed by atoms with E-state index in [1.807, 2.05) is 6.92 Å². The highest BCUT2D eigenvalue weighted by molar-refractivity contribution is 7.89. The normalized spacial score (nSPS) is 14.0. The van der Waals surface area contributed by atoms with Crippen LogP contribution in [-0.2, 0) is 23.6 Å². The second kappa shape index (κ2) is 10.2. The lowest BCUT2D eigenvalue weighted by Gasteiger charge is -2.34. The summed E-state index contributed by atoms with van der Waals surface area (Å²) in [4.78, 5) is 0.114. The molecule has 27 heavy (non-hydrogen) atoms. The summed E-state index contributed by atoms with van der Waals surface area (Å²) in [6.07, 6.45) is 3.49. The number of sulfonamides is 1. The van der Waals surface area contributed by atoms with Gasteiger partial charge in [-0.15, -0.1) is 6.58 Å². The highest BCUT2D eigenvalue weighted by Crippen LogP contribution is 2.58. The third kappa shape index (κ3) is 5.55. The quantitative estimate of drug-likeness (QED) is 0.372. The lowest BCUT2D eigenvalue weighted by atomic mass is 10.2. The Labute approximate surface area is 163 Å². The molecule has 0 spiro atoms. The Hall–Kier alpha value is -1.40. The number of allylic oxidation sites excluding steroid dienone is 1. The molecule has 1 aromatic carbocycles. The van der Waals surface area contributed by atoms with E-state index in [9.17, 15) is 13.0 Å². The van der Waals surface area contributed by atoms with E-state index in [1.165, 1.54) is 18.2 Å². The minimum atomic E-state index is -3.99. The van der Waals surface area contributed by atoms with Gasteiger partial charge in [-0.2, -0.15) is 0 Å². The minimum absolute atomic E-state index is 0.0149. The Balaban J connectivity index is 3.61. The first-order chi connectivity index (χ1) is 12.7. The maximum atomic E-state index is 13.4. The first kappa shape index (κ1) is 23.6. The maximum Gasteiger partial charge on any atom is 0.377 e. The number of hydrogen-bond acceptors (Lipinski definition) is 5. The van der Waals surface area contributed by atoms with E-state index >= 15 is 0 Å². The zero-order valence-electron chi connectivity index (χ0n) is 16.7. The van der Waals surface area contributed by atoms with Crippen LogP contribution in [-0.4, -0.2) is 32.0 Å². The smallest absolute Gasteiger partial charge is 0.304 e. The van der Waals surface area contributed by atoms with E-state index in [2.05, 4.69) is 6.58 Å². The SMILES string of the molecule is C=CCC(C)N(/C(=C/C)P(=O)(OCC)OCC)S(=O)(=O)c1ccc(C)cc1. The first-order valence-electron chi connectivity index (χ1n) is 8.95. The van der Waals surface area contributed by atoms with E-state index in [1.54, 1.807) is 45.9 Å². The summed E-state index contributed by atoms with van der Waals surface area (Å²) in [6, 6.07) is 6.01. The molecule has 0 amide bonds. The molecule has 0 radical (unpaired) electrons. The molecule has 0 saturated heterocycles. The maximum absolute atomic E-state index is 13.4. The third-order valence-corrected chi connectivity index (χ3v) is 8.16. The molecule has 1 atom stereocenters. The van der Waals surface area contributed by atoms with Gasteiger partial charge in [0.15, 0.2) is 0 Å². The van der Waals surface area contributed by atoms with E-state index in [4.69, 9.17) is 9.05 Å². The third-order valence-electron chi connectivity index (χ3n) is 3.85. The average molecular weight is 415 g/mol. The fourth-order valence-corrected chi connectivity index (χ4v) is 6.68. The second-order valence-corrected chi connectivity index (χ2v) is 9.75. The fraction of sp³-hybridized carbons (Fsp3) is 0.474. The van der Waals surface area contributed by atoms with Gasteiger partial charge in [0.25, 0.3) is 10.0 Å². The Morgan fingerprint density at radius 3 is 2.15 bits per heavy atom. The summed E-state index contributed by atoms with van der Waals surface area (Å²) in [5.41, 5.74) is 0.960. The molecule has 0 heterocycles. The fourth-order valence-electron chi connectivity index (χ4n) is 2.66. The molecular formula is C19H30NO5PS. The van der Waals surface area contributed by atoms with Crippen molar-refractivity contribution < 1.29 is 22.0 Å². The van der Waals surface area contributed by atoms with Crippen LogP contribution in [0, 0.1) is 6.92 Å². The summed E-state index contributed by atoms with van der Waals surface area (Å²) in [5, 5.41) is 0. The standard InChI is InChI=1S/C19H30NO5PS/c1-7-11-17(6)20(19(8-2)26(21,24-9-3)25-10-4)27(22,23)18-14-12-16(5)13-15-18/h7-8,12-15,17H,1,9-11H2,2-6H3/b19-8-. The van der Waals surface area contributed by atoms with Crippen LogP contribution in [0.5, 0.6) is 0 Å². The summed E-state index contributed by atoms with van der Waals surface area (Å²) in [5.74, 6) is 0. The van der Waals surface area contributed by atoms with Crippen LogP contribution >= 0.6 is 7.60 Å². The largest absolute Gasteiger partial charge is 0.377 e. The highest BCUT2D eigenvalue weighted by Gasteiger charge is 2.41. The van der Waals surface area contributed by atoms with Gasteiger partial charge in [0.05, 0.1) is 18.1 Å². The van der Waals surface area contributed by atoms with Crippen molar-refractivity contribution in [2.24, 2.45) is 0 Å². The Morgan fingerprint density at radius 2 is 1.74 bits per heavy atom. The molecule has 0 N–H and O–H groups in total. The van der Waals surface area contributed by atoms with Crippen LogP contribution in [0.25, 0.3) is 0 Å². The molecular weight excluding hydrogens is 385 g/mol.